The molecule has 256 valence electrons. The maximum atomic E-state index is 12.6. The number of Topliss-reactive ketones (excluding diaryl/α,β-unsaturated/α-hetero) is 1. The van der Waals surface area contributed by atoms with Crippen LogP contribution < -0.4 is 4.74 Å². The predicted molar refractivity (Wildman–Crippen MR) is 200 cm³/mol. The molecule has 0 aromatic heterocycles. The molecule has 0 bridgehead atoms. The van der Waals surface area contributed by atoms with E-state index in [4.69, 9.17) is 4.74 Å². The Morgan fingerprint density at radius 3 is 1.55 bits per heavy atom. The highest BCUT2D eigenvalue weighted by molar-refractivity contribution is 8.00. The summed E-state index contributed by atoms with van der Waals surface area (Å²) in [5, 5.41) is 0. The number of unbranched alkanes of at least 4 members (excludes halogenated alkanes) is 7. The zero-order valence-electron chi connectivity index (χ0n) is 28.6. The SMILES string of the molecule is O=C(CCCCCCCCCCSC(c1ccccc1)(c1ccccc1)c1ccccc1)Oc1ccc(C(=O)C(=O)N2CCCCC2)cc1. The average molecular weight is 676 g/mol. The van der Waals surface area contributed by atoms with Gasteiger partial charge in [0.15, 0.2) is 0 Å². The smallest absolute Gasteiger partial charge is 0.311 e. The third-order valence-electron chi connectivity index (χ3n) is 9.32. The van der Waals surface area contributed by atoms with Gasteiger partial charge in [0, 0.05) is 25.1 Å². The van der Waals surface area contributed by atoms with Gasteiger partial charge in [0.05, 0.1) is 4.75 Å². The van der Waals surface area contributed by atoms with Crippen LogP contribution in [0.25, 0.3) is 0 Å². The number of ether oxygens (including phenoxy) is 1. The molecular weight excluding hydrogens is 627 g/mol. The summed E-state index contributed by atoms with van der Waals surface area (Å²) in [6.45, 7) is 1.28. The van der Waals surface area contributed by atoms with E-state index in [1.165, 1.54) is 48.8 Å². The van der Waals surface area contributed by atoms with Gasteiger partial charge in [-0.05, 0) is 78.8 Å². The van der Waals surface area contributed by atoms with Gasteiger partial charge in [0.1, 0.15) is 5.75 Å². The lowest BCUT2D eigenvalue weighted by Crippen LogP contribution is -2.40. The third kappa shape index (κ3) is 10.2. The van der Waals surface area contributed by atoms with Crippen molar-refractivity contribution in [2.75, 3.05) is 18.8 Å². The van der Waals surface area contributed by atoms with Crippen molar-refractivity contribution in [2.24, 2.45) is 0 Å². The maximum absolute atomic E-state index is 12.6. The number of likely N-dealkylation sites (tertiary alicyclic amines) is 1. The number of hydrogen-bond donors (Lipinski definition) is 0. The molecule has 0 spiro atoms. The summed E-state index contributed by atoms with van der Waals surface area (Å²) in [5.74, 6) is 0.263. The fourth-order valence-electron chi connectivity index (χ4n) is 6.65. The van der Waals surface area contributed by atoms with E-state index in [0.717, 1.165) is 44.3 Å². The monoisotopic (exact) mass is 675 g/mol. The number of ketones is 1. The molecule has 0 radical (unpaired) electrons. The highest BCUT2D eigenvalue weighted by Gasteiger charge is 2.36. The summed E-state index contributed by atoms with van der Waals surface area (Å²) in [7, 11) is 0. The molecule has 1 heterocycles. The second-order valence-corrected chi connectivity index (χ2v) is 14.2. The first-order valence-electron chi connectivity index (χ1n) is 18.0. The minimum Gasteiger partial charge on any atom is -0.427 e. The number of esters is 1. The summed E-state index contributed by atoms with van der Waals surface area (Å²) < 4.78 is 5.22. The van der Waals surface area contributed by atoms with Crippen molar-refractivity contribution in [3.05, 3.63) is 138 Å². The Balaban J connectivity index is 0.974. The third-order valence-corrected chi connectivity index (χ3v) is 11.0. The molecule has 0 atom stereocenters. The fourth-order valence-corrected chi connectivity index (χ4v) is 8.21. The van der Waals surface area contributed by atoms with Crippen LogP contribution in [-0.2, 0) is 14.3 Å². The lowest BCUT2D eigenvalue weighted by Gasteiger charge is -2.35. The Morgan fingerprint density at radius 2 is 1.04 bits per heavy atom. The van der Waals surface area contributed by atoms with Crippen molar-refractivity contribution in [1.82, 2.24) is 4.90 Å². The quantitative estimate of drug-likeness (QED) is 0.0262. The number of nitrogens with zero attached hydrogens (tertiary/aromatic N) is 1. The number of carbonyl (C=O) groups is 3. The fraction of sp³-hybridized carbons (Fsp3) is 0.372. The van der Waals surface area contributed by atoms with Crippen LogP contribution in [0.4, 0.5) is 0 Å². The minimum absolute atomic E-state index is 0.250. The van der Waals surface area contributed by atoms with Crippen LogP contribution in [0, 0.1) is 0 Å². The van der Waals surface area contributed by atoms with Gasteiger partial charge in [0.2, 0.25) is 5.78 Å². The van der Waals surface area contributed by atoms with E-state index in [0.29, 0.717) is 30.8 Å². The number of carbonyl (C=O) groups excluding carboxylic acids is 3. The number of amides is 1. The van der Waals surface area contributed by atoms with E-state index in [-0.39, 0.29) is 10.7 Å². The summed E-state index contributed by atoms with van der Waals surface area (Å²) in [5.41, 5.74) is 4.26. The topological polar surface area (TPSA) is 63.7 Å². The standard InChI is InChI=1S/C43H49NO4S/c45-40(48-39-30-28-35(29-31-39)41(46)42(47)44-32-18-10-19-33-44)27-17-5-3-1-2-4-6-20-34-49-43(36-21-11-7-12-22-36,37-23-13-8-14-24-37)38-25-15-9-16-26-38/h7-9,11-16,21-26,28-31H,1-6,10,17-20,27,32-34H2. The molecule has 4 aromatic rings. The van der Waals surface area contributed by atoms with Gasteiger partial charge in [-0.2, -0.15) is 0 Å². The van der Waals surface area contributed by atoms with E-state index < -0.39 is 11.7 Å². The second-order valence-electron chi connectivity index (χ2n) is 12.9. The number of benzene rings is 4. The van der Waals surface area contributed by atoms with Crippen LogP contribution >= 0.6 is 11.8 Å². The van der Waals surface area contributed by atoms with E-state index in [1.807, 2.05) is 11.8 Å². The lowest BCUT2D eigenvalue weighted by molar-refractivity contribution is -0.134. The molecule has 0 unspecified atom stereocenters. The van der Waals surface area contributed by atoms with Gasteiger partial charge in [-0.1, -0.05) is 130 Å². The van der Waals surface area contributed by atoms with E-state index in [2.05, 4.69) is 91.0 Å². The molecule has 5 nitrogen and oxygen atoms in total. The van der Waals surface area contributed by atoms with Gasteiger partial charge in [-0.3, -0.25) is 14.4 Å². The molecule has 0 N–H and O–H groups in total. The number of piperidine rings is 1. The van der Waals surface area contributed by atoms with Crippen molar-refractivity contribution in [3.63, 3.8) is 0 Å². The van der Waals surface area contributed by atoms with Crippen molar-refractivity contribution in [2.45, 2.75) is 81.8 Å². The molecule has 5 rings (SSSR count). The minimum atomic E-state index is -0.505. The molecule has 1 aliphatic heterocycles. The molecular formula is C43H49NO4S. The number of hydrogen-bond acceptors (Lipinski definition) is 5. The zero-order chi connectivity index (χ0) is 34.2. The van der Waals surface area contributed by atoms with Crippen LogP contribution in [-0.4, -0.2) is 41.4 Å². The second kappa shape index (κ2) is 19.1. The summed E-state index contributed by atoms with van der Waals surface area (Å²) in [6, 6.07) is 39.0. The Labute approximate surface area is 296 Å². The Morgan fingerprint density at radius 1 is 0.571 bits per heavy atom. The van der Waals surface area contributed by atoms with Crippen LogP contribution in [0.15, 0.2) is 115 Å². The number of rotatable bonds is 18. The van der Waals surface area contributed by atoms with Crippen molar-refractivity contribution >= 4 is 29.4 Å². The summed E-state index contributed by atoms with van der Waals surface area (Å²) in [6.07, 6.45) is 12.3. The normalized spacial score (nSPS) is 13.2. The van der Waals surface area contributed by atoms with Crippen LogP contribution in [0.1, 0.15) is 104 Å². The largest absolute Gasteiger partial charge is 0.427 e. The van der Waals surface area contributed by atoms with Crippen molar-refractivity contribution in [3.8, 4) is 5.75 Å². The molecule has 1 fully saturated rings. The molecule has 1 aliphatic rings. The van der Waals surface area contributed by atoms with Crippen LogP contribution in [0.3, 0.4) is 0 Å². The molecule has 4 aromatic carbocycles. The maximum Gasteiger partial charge on any atom is 0.311 e. The molecule has 0 aliphatic carbocycles. The van der Waals surface area contributed by atoms with Gasteiger partial charge < -0.3 is 9.64 Å². The Bertz CT molecular complexity index is 1490. The van der Waals surface area contributed by atoms with Gasteiger partial charge in [0.25, 0.3) is 5.91 Å². The molecule has 6 heteroatoms. The van der Waals surface area contributed by atoms with Crippen molar-refractivity contribution in [1.29, 1.82) is 0 Å². The first-order valence-corrected chi connectivity index (χ1v) is 19.0. The zero-order valence-corrected chi connectivity index (χ0v) is 29.4. The predicted octanol–water partition coefficient (Wildman–Crippen LogP) is 10.0. The Kier molecular flexibility index (Phi) is 14.1. The summed E-state index contributed by atoms with van der Waals surface area (Å²) >= 11 is 2.04. The molecule has 1 saturated heterocycles. The van der Waals surface area contributed by atoms with E-state index in [1.54, 1.807) is 29.2 Å². The summed E-state index contributed by atoms with van der Waals surface area (Å²) in [4.78, 5) is 39.1. The highest BCUT2D eigenvalue weighted by atomic mass is 32.2. The van der Waals surface area contributed by atoms with Crippen LogP contribution in [0.5, 0.6) is 5.75 Å². The van der Waals surface area contributed by atoms with Gasteiger partial charge in [-0.15, -0.1) is 11.8 Å². The first kappa shape index (κ1) is 36.1. The van der Waals surface area contributed by atoms with E-state index >= 15 is 0 Å². The molecule has 49 heavy (non-hydrogen) atoms. The Hall–Kier alpha value is -4.16. The first-order chi connectivity index (χ1) is 24.1. The van der Waals surface area contributed by atoms with Gasteiger partial charge >= 0.3 is 5.97 Å². The van der Waals surface area contributed by atoms with Gasteiger partial charge in [-0.25, -0.2) is 0 Å². The lowest BCUT2D eigenvalue weighted by atomic mass is 9.84. The van der Waals surface area contributed by atoms with Crippen LogP contribution in [0.2, 0.25) is 0 Å². The molecule has 1 amide bonds. The highest BCUT2D eigenvalue weighted by Crippen LogP contribution is 2.48. The average Bonchev–Trinajstić information content (AvgIpc) is 3.16. The van der Waals surface area contributed by atoms with E-state index in [9.17, 15) is 14.4 Å². The van der Waals surface area contributed by atoms with Crippen molar-refractivity contribution < 1.29 is 19.1 Å². The number of thioether (sulfide) groups is 1. The molecule has 0 saturated carbocycles.